The topological polar surface area (TPSA) is 203 Å². The van der Waals surface area contributed by atoms with Crippen molar-refractivity contribution < 1.29 is 6.53 Å². The molecule has 4 aromatic heterocycles. The number of anilines is 4. The molecule has 13 nitrogen and oxygen atoms in total. The van der Waals surface area contributed by atoms with Crippen molar-refractivity contribution in [1.29, 1.82) is 0 Å². The summed E-state index contributed by atoms with van der Waals surface area (Å²) in [6, 6.07) is 10.0. The van der Waals surface area contributed by atoms with Crippen LogP contribution in [0.25, 0.3) is 0 Å². The highest BCUT2D eigenvalue weighted by molar-refractivity contribution is 5.46. The van der Waals surface area contributed by atoms with Crippen molar-refractivity contribution in [1.82, 2.24) is 29.5 Å². The van der Waals surface area contributed by atoms with Gasteiger partial charge in [-0.25, -0.2) is 9.97 Å². The number of nitrogens with two attached hydrogens (primary N) is 2. The van der Waals surface area contributed by atoms with E-state index in [-0.39, 0.29) is 38.5 Å². The maximum Gasteiger partial charge on any atom is 0.250 e. The average molecular weight is 584 g/mol. The molecule has 0 unspecified atom stereocenters. The molecule has 42 heavy (non-hydrogen) atoms. The van der Waals surface area contributed by atoms with Crippen molar-refractivity contribution in [2.75, 3.05) is 35.2 Å². The number of hydrogen-bond donors (Lipinski definition) is 6. The van der Waals surface area contributed by atoms with Gasteiger partial charge >= 0.3 is 0 Å². The van der Waals surface area contributed by atoms with Gasteiger partial charge in [0.25, 0.3) is 5.56 Å². The molecule has 4 aromatic rings. The van der Waals surface area contributed by atoms with E-state index >= 15 is 0 Å². The molecule has 0 radical (unpaired) electrons. The Labute approximate surface area is 248 Å². The summed E-state index contributed by atoms with van der Waals surface area (Å²) in [6.45, 7) is 6.25. The zero-order valence-electron chi connectivity index (χ0n) is 23.6. The van der Waals surface area contributed by atoms with Crippen molar-refractivity contribution in [2.45, 2.75) is 60.1 Å². The Bertz CT molecular complexity index is 1410. The van der Waals surface area contributed by atoms with E-state index in [9.17, 15) is 9.59 Å². The number of aliphatic hydroxyl groups is 1. The Morgan fingerprint density at radius 2 is 1.45 bits per heavy atom. The second kappa shape index (κ2) is 20.2. The molecule has 0 atom stereocenters. The molecule has 0 saturated heterocycles. The molecule has 0 fully saturated rings. The van der Waals surface area contributed by atoms with Crippen LogP contribution in [0.2, 0.25) is 0 Å². The number of H-pyrrole nitrogens is 1. The molecule has 0 aliphatic rings. The van der Waals surface area contributed by atoms with Gasteiger partial charge in [-0.3, -0.25) is 9.59 Å². The summed E-state index contributed by atoms with van der Waals surface area (Å²) in [5.74, 6) is 1.78. The molecule has 4 rings (SSSR count). The number of unbranched alkanes of at least 4 members (excludes halogenated alkanes) is 2. The number of rotatable bonds is 11. The van der Waals surface area contributed by atoms with Crippen molar-refractivity contribution in [3.8, 4) is 0 Å². The Kier molecular flexibility index (Phi) is 16.9. The standard InChI is InChI=1S/C14H19N5O.C9H16N4O.C5H5NO.CH4.H2/c1-2-3-7-16-13-11(9-17-14(15)18-13)10-19-8-5-4-6-12(19)20;1-2-3-4-11-8-7(6-14)5-12-9(10)13-8;7-5-3-1-2-4-6-5;;/h4-6,8-9H,2-3,7,10H2,1H3,(H3,15,16,17,18);5,14H,2-4,6H2,1H3,(H3,10,11,12,13);1-4H,(H,6,7);1H4;1H/i;;;;1+1. The van der Waals surface area contributed by atoms with Gasteiger partial charge in [-0.05, 0) is 25.0 Å². The first-order chi connectivity index (χ1) is 19.9. The summed E-state index contributed by atoms with van der Waals surface area (Å²) in [6.07, 6.45) is 10.9. The monoisotopic (exact) mass is 583 g/mol. The first-order valence-electron chi connectivity index (χ1n) is 13.5. The zero-order chi connectivity index (χ0) is 29.9. The molecule has 0 aliphatic heterocycles. The number of aromatic nitrogens is 6. The van der Waals surface area contributed by atoms with Crippen molar-refractivity contribution in [3.05, 3.63) is 93.0 Å². The highest BCUT2D eigenvalue weighted by atomic mass is 16.3. The minimum Gasteiger partial charge on any atom is -0.391 e. The molecule has 230 valence electrons. The van der Waals surface area contributed by atoms with Crippen LogP contribution in [0.3, 0.4) is 0 Å². The van der Waals surface area contributed by atoms with Crippen molar-refractivity contribution >= 4 is 23.5 Å². The van der Waals surface area contributed by atoms with Gasteiger partial charge in [0.05, 0.1) is 13.2 Å². The molecule has 0 bridgehead atoms. The second-order valence-electron chi connectivity index (χ2n) is 8.82. The summed E-state index contributed by atoms with van der Waals surface area (Å²) in [4.78, 5) is 40.5. The summed E-state index contributed by atoms with van der Waals surface area (Å²) in [7, 11) is 0. The van der Waals surface area contributed by atoms with E-state index in [1.165, 1.54) is 18.3 Å². The molecule has 4 heterocycles. The minimum atomic E-state index is -0.0747. The number of aliphatic hydroxyl groups excluding tert-OH is 1. The molecule has 13 heteroatoms. The van der Waals surface area contributed by atoms with Crippen LogP contribution in [-0.4, -0.2) is 47.7 Å². The van der Waals surface area contributed by atoms with Gasteiger partial charge in [0.15, 0.2) is 0 Å². The molecule has 0 saturated carbocycles. The van der Waals surface area contributed by atoms with Crippen LogP contribution in [0.1, 0.15) is 59.5 Å². The molecular formula is C29H46N10O3. The predicted molar refractivity (Wildman–Crippen MR) is 171 cm³/mol. The lowest BCUT2D eigenvalue weighted by Crippen LogP contribution is -2.20. The van der Waals surface area contributed by atoms with Crippen LogP contribution < -0.4 is 33.2 Å². The van der Waals surface area contributed by atoms with Gasteiger partial charge in [0, 0.05) is 62.6 Å². The molecule has 0 amide bonds. The van der Waals surface area contributed by atoms with Gasteiger partial charge in [0.2, 0.25) is 17.5 Å². The van der Waals surface area contributed by atoms with E-state index in [4.69, 9.17) is 16.6 Å². The third-order valence-corrected chi connectivity index (χ3v) is 5.50. The first-order valence-corrected chi connectivity index (χ1v) is 13.5. The maximum atomic E-state index is 11.7. The third-order valence-electron chi connectivity index (χ3n) is 5.50. The van der Waals surface area contributed by atoms with E-state index in [1.54, 1.807) is 41.4 Å². The Morgan fingerprint density at radius 3 is 1.93 bits per heavy atom. The highest BCUT2D eigenvalue weighted by Crippen LogP contribution is 2.14. The van der Waals surface area contributed by atoms with Crippen LogP contribution in [0.5, 0.6) is 0 Å². The van der Waals surface area contributed by atoms with E-state index in [1.807, 2.05) is 6.07 Å². The smallest absolute Gasteiger partial charge is 0.250 e. The number of hydrogen-bond acceptors (Lipinski definition) is 11. The van der Waals surface area contributed by atoms with Gasteiger partial charge in [-0.1, -0.05) is 46.2 Å². The third kappa shape index (κ3) is 13.0. The largest absolute Gasteiger partial charge is 0.391 e. The summed E-state index contributed by atoms with van der Waals surface area (Å²) < 4.78 is 1.61. The zero-order valence-corrected chi connectivity index (χ0v) is 23.6. The Morgan fingerprint density at radius 1 is 0.881 bits per heavy atom. The minimum absolute atomic E-state index is 0. The molecular weight excluding hydrogens is 536 g/mol. The number of aromatic amines is 1. The Hall–Kier alpha value is -4.78. The Balaban J connectivity index is 0.000000668. The van der Waals surface area contributed by atoms with E-state index < -0.39 is 0 Å². The molecule has 0 spiro atoms. The van der Waals surface area contributed by atoms with Crippen LogP contribution >= 0.6 is 0 Å². The second-order valence-corrected chi connectivity index (χ2v) is 8.82. The fraction of sp³-hybridized carbons (Fsp3) is 0.379. The van der Waals surface area contributed by atoms with Gasteiger partial charge in [-0.15, -0.1) is 0 Å². The number of pyridine rings is 2. The van der Waals surface area contributed by atoms with Crippen LogP contribution in [-0.2, 0) is 13.2 Å². The van der Waals surface area contributed by atoms with Crippen LogP contribution in [0, 0.1) is 0 Å². The van der Waals surface area contributed by atoms with E-state index in [0.29, 0.717) is 23.7 Å². The lowest BCUT2D eigenvalue weighted by molar-refractivity contribution is 0.281. The SMILES string of the molecule is C.CCCCNc1nc(N)ncc1CO.CCCCNc1nc(N)ncc1Cn1ccccc1=O.O=c1cccc[nH]1.[2HH]. The highest BCUT2D eigenvalue weighted by Gasteiger charge is 2.07. The molecule has 0 aliphatic carbocycles. The number of nitrogen functional groups attached to an aromatic ring is 2. The van der Waals surface area contributed by atoms with E-state index in [0.717, 1.165) is 44.3 Å². The average Bonchev–Trinajstić information content (AvgIpc) is 2.97. The molecule has 8 N–H and O–H groups in total. The lowest BCUT2D eigenvalue weighted by atomic mass is 10.2. The predicted octanol–water partition coefficient (Wildman–Crippen LogP) is 3.50. The quantitative estimate of drug-likeness (QED) is 0.141. The van der Waals surface area contributed by atoms with Gasteiger partial charge in [-0.2, -0.15) is 9.97 Å². The number of nitrogens with zero attached hydrogens (tertiary/aromatic N) is 5. The normalized spacial score (nSPS) is 9.79. The number of nitrogens with one attached hydrogen (secondary N) is 3. The first kappa shape index (κ1) is 35.2. The fourth-order valence-electron chi connectivity index (χ4n) is 3.30. The van der Waals surface area contributed by atoms with Crippen molar-refractivity contribution in [2.24, 2.45) is 0 Å². The summed E-state index contributed by atoms with van der Waals surface area (Å²) >= 11 is 0. The van der Waals surface area contributed by atoms with E-state index in [2.05, 4.69) is 49.4 Å². The maximum absolute atomic E-state index is 11.7. The van der Waals surface area contributed by atoms with Gasteiger partial charge < -0.3 is 36.8 Å². The lowest BCUT2D eigenvalue weighted by Gasteiger charge is -2.12. The van der Waals surface area contributed by atoms with Gasteiger partial charge in [0.1, 0.15) is 11.6 Å². The fourth-order valence-corrected chi connectivity index (χ4v) is 3.30. The summed E-state index contributed by atoms with van der Waals surface area (Å²) in [5, 5.41) is 15.4. The van der Waals surface area contributed by atoms with Crippen LogP contribution in [0.15, 0.2) is 70.8 Å². The van der Waals surface area contributed by atoms with Crippen LogP contribution in [0.4, 0.5) is 23.5 Å². The summed E-state index contributed by atoms with van der Waals surface area (Å²) in [5.41, 5.74) is 12.5. The molecule has 0 aromatic carbocycles. The van der Waals surface area contributed by atoms with Crippen molar-refractivity contribution in [3.63, 3.8) is 0 Å².